The van der Waals surface area contributed by atoms with Crippen LogP contribution in [0.25, 0.3) is 0 Å². The fourth-order valence-electron chi connectivity index (χ4n) is 2.08. The summed E-state index contributed by atoms with van der Waals surface area (Å²) in [5.74, 6) is -0.337. The van der Waals surface area contributed by atoms with E-state index in [1.165, 1.54) is 0 Å². The van der Waals surface area contributed by atoms with Crippen LogP contribution in [0.15, 0.2) is 24.5 Å². The zero-order chi connectivity index (χ0) is 14.8. The maximum Gasteiger partial charge on any atom is 0.231 e. The summed E-state index contributed by atoms with van der Waals surface area (Å²) in [5.41, 5.74) is 0.698. The third-order valence-corrected chi connectivity index (χ3v) is 3.34. The Morgan fingerprint density at radius 2 is 1.95 bits per heavy atom. The highest BCUT2D eigenvalue weighted by Crippen LogP contribution is 2.39. The van der Waals surface area contributed by atoms with E-state index in [4.69, 9.17) is 21.1 Å². The molecule has 0 spiro atoms. The van der Waals surface area contributed by atoms with Crippen LogP contribution in [-0.4, -0.2) is 18.3 Å². The van der Waals surface area contributed by atoms with E-state index in [0.29, 0.717) is 29.5 Å². The topological polar surface area (TPSA) is 43.4 Å². The van der Waals surface area contributed by atoms with Gasteiger partial charge in [-0.05, 0) is 24.1 Å². The molecule has 0 aliphatic carbocycles. The first kappa shape index (κ1) is 13.9. The molecule has 2 aromatic rings. The monoisotopic (exact) mass is 312 g/mol. The minimum atomic E-state index is -0.723. The number of hydrogen-bond acceptors (Lipinski definition) is 4. The average molecular weight is 313 g/mol. The molecule has 0 bridgehead atoms. The molecule has 0 fully saturated rings. The Labute approximate surface area is 124 Å². The van der Waals surface area contributed by atoms with Gasteiger partial charge in [0.15, 0.2) is 23.1 Å². The second kappa shape index (κ2) is 5.73. The molecule has 0 saturated carbocycles. The molecule has 0 atom stereocenters. The van der Waals surface area contributed by atoms with Crippen LogP contribution in [0.3, 0.4) is 0 Å². The summed E-state index contributed by atoms with van der Waals surface area (Å²) >= 11 is 6.07. The summed E-state index contributed by atoms with van der Waals surface area (Å²) in [6, 6.07) is 3.55. The maximum absolute atomic E-state index is 13.4. The number of anilines is 1. The van der Waals surface area contributed by atoms with Gasteiger partial charge in [0.1, 0.15) is 5.69 Å². The predicted molar refractivity (Wildman–Crippen MR) is 73.9 cm³/mol. The molecule has 21 heavy (non-hydrogen) atoms. The SMILES string of the molecule is Fc1cncc(F)c1NCCc1cc(Cl)c2c(c1)OCO2. The van der Waals surface area contributed by atoms with Crippen molar-refractivity contribution in [2.45, 2.75) is 6.42 Å². The predicted octanol–water partition coefficient (Wildman–Crippen LogP) is 3.40. The molecule has 0 saturated heterocycles. The van der Waals surface area contributed by atoms with Gasteiger partial charge in [-0.1, -0.05) is 11.6 Å². The summed E-state index contributed by atoms with van der Waals surface area (Å²) in [6.07, 6.45) is 2.45. The Balaban J connectivity index is 1.67. The molecule has 1 aliphatic heterocycles. The van der Waals surface area contributed by atoms with Gasteiger partial charge in [0.05, 0.1) is 17.4 Å². The average Bonchev–Trinajstić information content (AvgIpc) is 2.91. The van der Waals surface area contributed by atoms with Gasteiger partial charge in [-0.2, -0.15) is 0 Å². The van der Waals surface area contributed by atoms with Gasteiger partial charge in [0.25, 0.3) is 0 Å². The van der Waals surface area contributed by atoms with E-state index in [0.717, 1.165) is 18.0 Å². The van der Waals surface area contributed by atoms with E-state index in [-0.39, 0.29) is 12.5 Å². The van der Waals surface area contributed by atoms with Gasteiger partial charge >= 0.3 is 0 Å². The molecule has 1 aromatic carbocycles. The van der Waals surface area contributed by atoms with Crippen LogP contribution in [0, 0.1) is 11.6 Å². The number of fused-ring (bicyclic) bond motifs is 1. The number of nitrogens with one attached hydrogen (secondary N) is 1. The van der Waals surface area contributed by atoms with E-state index >= 15 is 0 Å². The Hall–Kier alpha value is -2.08. The van der Waals surface area contributed by atoms with Gasteiger partial charge in [-0.25, -0.2) is 8.78 Å². The first-order valence-electron chi connectivity index (χ1n) is 6.26. The highest BCUT2D eigenvalue weighted by atomic mass is 35.5. The molecule has 1 N–H and O–H groups in total. The fraction of sp³-hybridized carbons (Fsp3) is 0.214. The van der Waals surface area contributed by atoms with E-state index in [1.807, 2.05) is 0 Å². The van der Waals surface area contributed by atoms with Gasteiger partial charge in [0, 0.05) is 6.54 Å². The first-order valence-corrected chi connectivity index (χ1v) is 6.64. The van der Waals surface area contributed by atoms with Crippen LogP contribution < -0.4 is 14.8 Å². The van der Waals surface area contributed by atoms with Crippen LogP contribution in [-0.2, 0) is 6.42 Å². The van der Waals surface area contributed by atoms with Crippen molar-refractivity contribution in [3.8, 4) is 11.5 Å². The number of aromatic nitrogens is 1. The van der Waals surface area contributed by atoms with Crippen molar-refractivity contribution >= 4 is 17.3 Å². The molecular weight excluding hydrogens is 302 g/mol. The van der Waals surface area contributed by atoms with E-state index in [2.05, 4.69) is 10.3 Å². The summed E-state index contributed by atoms with van der Waals surface area (Å²) < 4.78 is 37.3. The first-order chi connectivity index (χ1) is 10.1. The number of rotatable bonds is 4. The fourth-order valence-corrected chi connectivity index (χ4v) is 2.36. The highest BCUT2D eigenvalue weighted by molar-refractivity contribution is 6.32. The molecule has 2 heterocycles. The van der Waals surface area contributed by atoms with Gasteiger partial charge in [0.2, 0.25) is 6.79 Å². The lowest BCUT2D eigenvalue weighted by molar-refractivity contribution is 0.174. The minimum Gasteiger partial charge on any atom is -0.454 e. The van der Waals surface area contributed by atoms with E-state index in [9.17, 15) is 8.78 Å². The molecule has 7 heteroatoms. The number of halogens is 3. The van der Waals surface area contributed by atoms with Crippen LogP contribution >= 0.6 is 11.6 Å². The number of pyridine rings is 1. The minimum absolute atomic E-state index is 0.143. The van der Waals surface area contributed by atoms with Crippen molar-refractivity contribution in [3.05, 3.63) is 46.7 Å². The molecule has 1 aromatic heterocycles. The summed E-state index contributed by atoms with van der Waals surface area (Å²) in [6.45, 7) is 0.484. The Morgan fingerprint density at radius 1 is 1.19 bits per heavy atom. The molecule has 3 rings (SSSR count). The van der Waals surface area contributed by atoms with Crippen molar-refractivity contribution in [2.24, 2.45) is 0 Å². The normalized spacial score (nSPS) is 12.5. The zero-order valence-corrected chi connectivity index (χ0v) is 11.6. The third kappa shape index (κ3) is 2.85. The molecule has 110 valence electrons. The van der Waals surface area contributed by atoms with Crippen molar-refractivity contribution in [1.82, 2.24) is 4.98 Å². The second-order valence-electron chi connectivity index (χ2n) is 4.47. The summed E-state index contributed by atoms with van der Waals surface area (Å²) in [7, 11) is 0. The molecule has 4 nitrogen and oxygen atoms in total. The van der Waals surface area contributed by atoms with Crippen molar-refractivity contribution in [1.29, 1.82) is 0 Å². The Kier molecular flexibility index (Phi) is 3.79. The third-order valence-electron chi connectivity index (χ3n) is 3.06. The van der Waals surface area contributed by atoms with E-state index in [1.54, 1.807) is 12.1 Å². The van der Waals surface area contributed by atoms with Crippen LogP contribution in [0.2, 0.25) is 5.02 Å². The summed E-state index contributed by atoms with van der Waals surface area (Å²) in [5, 5.41) is 3.17. The van der Waals surface area contributed by atoms with Gasteiger partial charge in [-0.3, -0.25) is 4.98 Å². The second-order valence-corrected chi connectivity index (χ2v) is 4.87. The Bertz CT molecular complexity index is 662. The Morgan fingerprint density at radius 3 is 2.71 bits per heavy atom. The maximum atomic E-state index is 13.4. The van der Waals surface area contributed by atoms with Crippen LogP contribution in [0.5, 0.6) is 11.5 Å². The van der Waals surface area contributed by atoms with Crippen molar-refractivity contribution < 1.29 is 18.3 Å². The largest absolute Gasteiger partial charge is 0.454 e. The molecule has 1 aliphatic rings. The van der Waals surface area contributed by atoms with Crippen molar-refractivity contribution in [2.75, 3.05) is 18.7 Å². The number of benzene rings is 1. The smallest absolute Gasteiger partial charge is 0.231 e. The number of nitrogens with zero attached hydrogens (tertiary/aromatic N) is 1. The molecule has 0 unspecified atom stereocenters. The summed E-state index contributed by atoms with van der Waals surface area (Å²) in [4.78, 5) is 3.42. The molecule has 0 amide bonds. The lowest BCUT2D eigenvalue weighted by Crippen LogP contribution is -2.08. The van der Waals surface area contributed by atoms with Gasteiger partial charge < -0.3 is 14.8 Å². The lowest BCUT2D eigenvalue weighted by Gasteiger charge is -2.09. The van der Waals surface area contributed by atoms with Crippen LogP contribution in [0.4, 0.5) is 14.5 Å². The van der Waals surface area contributed by atoms with Crippen molar-refractivity contribution in [3.63, 3.8) is 0 Å². The van der Waals surface area contributed by atoms with Crippen LogP contribution in [0.1, 0.15) is 5.56 Å². The number of hydrogen-bond donors (Lipinski definition) is 1. The highest BCUT2D eigenvalue weighted by Gasteiger charge is 2.18. The molecular formula is C14H11ClF2N2O2. The van der Waals surface area contributed by atoms with Gasteiger partial charge in [-0.15, -0.1) is 0 Å². The molecule has 0 radical (unpaired) electrons. The quantitative estimate of drug-likeness (QED) is 0.939. The standard InChI is InChI=1S/C14H11ClF2N2O2/c15-9-3-8(4-12-14(9)21-7-20-12)1-2-19-13-10(16)5-18-6-11(13)17/h3-6H,1-2,7H2,(H,18,19). The lowest BCUT2D eigenvalue weighted by atomic mass is 10.1. The zero-order valence-electron chi connectivity index (χ0n) is 10.8. The van der Waals surface area contributed by atoms with E-state index < -0.39 is 11.6 Å². The number of ether oxygens (including phenoxy) is 2.